The lowest BCUT2D eigenvalue weighted by molar-refractivity contribution is -0.125. The Bertz CT molecular complexity index is 796. The van der Waals surface area contributed by atoms with Crippen molar-refractivity contribution in [3.8, 4) is 0 Å². The maximum atomic E-state index is 12.5. The maximum absolute atomic E-state index is 12.5. The van der Waals surface area contributed by atoms with Gasteiger partial charge in [-0.3, -0.25) is 4.79 Å². The number of piperidine rings is 1. The second-order valence-electron chi connectivity index (χ2n) is 8.14. The van der Waals surface area contributed by atoms with E-state index in [1.165, 1.54) is 0 Å². The summed E-state index contributed by atoms with van der Waals surface area (Å²) < 4.78 is 0. The Morgan fingerprint density at radius 3 is 2.07 bits per heavy atom. The van der Waals surface area contributed by atoms with Gasteiger partial charge in [-0.25, -0.2) is 0 Å². The van der Waals surface area contributed by atoms with Gasteiger partial charge in [0.15, 0.2) is 11.6 Å². The fraction of sp³-hybridized carbons (Fsp3) is 0.522. The Morgan fingerprint density at radius 2 is 1.50 bits per heavy atom. The van der Waals surface area contributed by atoms with Crippen LogP contribution in [0.5, 0.6) is 0 Å². The van der Waals surface area contributed by atoms with Gasteiger partial charge in [-0.2, -0.15) is 0 Å². The van der Waals surface area contributed by atoms with Gasteiger partial charge in [0.1, 0.15) is 0 Å². The van der Waals surface area contributed by atoms with Gasteiger partial charge in [-0.05, 0) is 37.1 Å². The van der Waals surface area contributed by atoms with Gasteiger partial charge < -0.3 is 20.0 Å². The van der Waals surface area contributed by atoms with Crippen LogP contribution in [0.25, 0.3) is 0 Å². The molecule has 1 N–H and O–H groups in total. The van der Waals surface area contributed by atoms with Crippen LogP contribution in [-0.2, 0) is 11.3 Å². The first-order chi connectivity index (χ1) is 14.7. The molecule has 1 aromatic carbocycles. The normalized spacial score (nSPS) is 18.4. The molecule has 7 nitrogen and oxygen atoms in total. The number of aromatic nitrogens is 2. The van der Waals surface area contributed by atoms with E-state index in [9.17, 15) is 4.79 Å². The average Bonchev–Trinajstić information content (AvgIpc) is 2.83. The van der Waals surface area contributed by atoms with E-state index in [0.717, 1.165) is 75.9 Å². The monoisotopic (exact) mass is 408 g/mol. The Balaban J connectivity index is 1.24. The number of amides is 1. The van der Waals surface area contributed by atoms with Crippen molar-refractivity contribution in [2.75, 3.05) is 55.6 Å². The Hall–Kier alpha value is -2.67. The lowest BCUT2D eigenvalue weighted by atomic mass is 9.96. The number of likely N-dealkylation sites (N-methyl/N-ethyl adjacent to an activating group) is 1. The smallest absolute Gasteiger partial charge is 0.223 e. The fourth-order valence-electron chi connectivity index (χ4n) is 4.25. The van der Waals surface area contributed by atoms with Crippen molar-refractivity contribution < 1.29 is 4.79 Å². The zero-order valence-electron chi connectivity index (χ0n) is 17.8. The topological polar surface area (TPSA) is 64.6 Å². The van der Waals surface area contributed by atoms with Crippen LogP contribution in [0.3, 0.4) is 0 Å². The quantitative estimate of drug-likeness (QED) is 0.790. The molecule has 2 saturated heterocycles. The molecule has 2 aliphatic rings. The molecule has 1 aromatic heterocycles. The number of piperazine rings is 1. The molecule has 1 amide bonds. The van der Waals surface area contributed by atoms with Gasteiger partial charge >= 0.3 is 0 Å². The largest absolute Gasteiger partial charge is 0.355 e. The second kappa shape index (κ2) is 9.89. The van der Waals surface area contributed by atoms with Crippen LogP contribution in [0.2, 0.25) is 0 Å². The summed E-state index contributed by atoms with van der Waals surface area (Å²) in [5.41, 5.74) is 1.13. The average molecular weight is 409 g/mol. The van der Waals surface area contributed by atoms with Crippen molar-refractivity contribution in [2.45, 2.75) is 26.3 Å². The van der Waals surface area contributed by atoms with E-state index in [1.807, 2.05) is 30.3 Å². The highest BCUT2D eigenvalue weighted by atomic mass is 16.1. The number of nitrogens with one attached hydrogen (secondary N) is 1. The third-order valence-corrected chi connectivity index (χ3v) is 6.28. The molecular formula is C23H32N6O. The molecule has 160 valence electrons. The summed E-state index contributed by atoms with van der Waals surface area (Å²) in [6.45, 7) is 9.77. The minimum absolute atomic E-state index is 0.0760. The minimum Gasteiger partial charge on any atom is -0.355 e. The first kappa shape index (κ1) is 20.6. The van der Waals surface area contributed by atoms with E-state index in [4.69, 9.17) is 0 Å². The van der Waals surface area contributed by atoms with E-state index in [1.54, 1.807) is 0 Å². The van der Waals surface area contributed by atoms with Crippen LogP contribution in [0.1, 0.15) is 25.3 Å². The summed E-state index contributed by atoms with van der Waals surface area (Å²) >= 11 is 0. The molecule has 30 heavy (non-hydrogen) atoms. The van der Waals surface area contributed by atoms with Crippen LogP contribution in [0.15, 0.2) is 42.5 Å². The molecule has 0 bridgehead atoms. The number of carbonyl (C=O) groups is 1. The number of nitrogens with zero attached hydrogens (tertiary/aromatic N) is 5. The lowest BCUT2D eigenvalue weighted by Crippen LogP contribution is -2.46. The van der Waals surface area contributed by atoms with Crippen LogP contribution in [-0.4, -0.2) is 66.8 Å². The summed E-state index contributed by atoms with van der Waals surface area (Å²) in [6, 6.07) is 14.2. The highest BCUT2D eigenvalue weighted by molar-refractivity contribution is 5.79. The van der Waals surface area contributed by atoms with Crippen molar-refractivity contribution in [1.29, 1.82) is 0 Å². The third-order valence-electron chi connectivity index (χ3n) is 6.28. The lowest BCUT2D eigenvalue weighted by Gasteiger charge is -2.35. The van der Waals surface area contributed by atoms with Gasteiger partial charge in [0.2, 0.25) is 5.91 Å². The molecule has 0 atom stereocenters. The molecule has 7 heteroatoms. The Labute approximate surface area is 179 Å². The molecule has 0 radical (unpaired) electrons. The second-order valence-corrected chi connectivity index (χ2v) is 8.14. The molecule has 2 aliphatic heterocycles. The van der Waals surface area contributed by atoms with E-state index in [-0.39, 0.29) is 11.8 Å². The maximum Gasteiger partial charge on any atom is 0.223 e. The summed E-state index contributed by atoms with van der Waals surface area (Å²) in [5, 5.41) is 12.0. The number of anilines is 2. The van der Waals surface area contributed by atoms with E-state index < -0.39 is 0 Å². The summed E-state index contributed by atoms with van der Waals surface area (Å²) in [4.78, 5) is 19.5. The summed E-state index contributed by atoms with van der Waals surface area (Å²) in [6.07, 6.45) is 1.70. The first-order valence-corrected chi connectivity index (χ1v) is 11.1. The van der Waals surface area contributed by atoms with Crippen molar-refractivity contribution in [2.24, 2.45) is 5.92 Å². The Kier molecular flexibility index (Phi) is 6.79. The molecule has 0 spiro atoms. The number of hydrogen-bond acceptors (Lipinski definition) is 6. The zero-order valence-corrected chi connectivity index (χ0v) is 17.8. The Morgan fingerprint density at radius 1 is 0.900 bits per heavy atom. The number of hydrogen-bond donors (Lipinski definition) is 1. The summed E-state index contributed by atoms with van der Waals surface area (Å²) in [5.74, 6) is 2.11. The molecule has 0 unspecified atom stereocenters. The van der Waals surface area contributed by atoms with Crippen LogP contribution < -0.4 is 15.1 Å². The third kappa shape index (κ3) is 5.08. The highest BCUT2D eigenvalue weighted by Gasteiger charge is 2.26. The molecule has 3 heterocycles. The van der Waals surface area contributed by atoms with Gasteiger partial charge in [0, 0.05) is 51.7 Å². The van der Waals surface area contributed by atoms with Gasteiger partial charge in [0.05, 0.1) is 0 Å². The molecule has 0 saturated carbocycles. The minimum atomic E-state index is 0.0760. The van der Waals surface area contributed by atoms with Crippen molar-refractivity contribution in [1.82, 2.24) is 20.4 Å². The predicted octanol–water partition coefficient (Wildman–Crippen LogP) is 2.15. The van der Waals surface area contributed by atoms with Gasteiger partial charge in [-0.1, -0.05) is 37.3 Å². The van der Waals surface area contributed by atoms with Crippen molar-refractivity contribution in [3.05, 3.63) is 48.0 Å². The van der Waals surface area contributed by atoms with Crippen LogP contribution in [0, 0.1) is 5.92 Å². The standard InChI is InChI=1S/C23H32N6O/c1-2-27-14-16-29(17-15-27)22-9-8-21(25-26-22)28-12-10-20(11-13-28)23(30)24-18-19-6-4-3-5-7-19/h3-9,20H,2,10-18H2,1H3,(H,24,30). The number of benzene rings is 1. The van der Waals surface area contributed by atoms with E-state index in [0.29, 0.717) is 6.54 Å². The van der Waals surface area contributed by atoms with Crippen molar-refractivity contribution >= 4 is 17.5 Å². The molecule has 4 rings (SSSR count). The molecule has 2 fully saturated rings. The molecule has 0 aliphatic carbocycles. The number of carbonyl (C=O) groups excluding carboxylic acids is 1. The SMILES string of the molecule is CCN1CCN(c2ccc(N3CCC(C(=O)NCc4ccccc4)CC3)nn2)CC1. The predicted molar refractivity (Wildman–Crippen MR) is 120 cm³/mol. The molecular weight excluding hydrogens is 376 g/mol. The van der Waals surface area contributed by atoms with Gasteiger partial charge in [-0.15, -0.1) is 10.2 Å². The van der Waals surface area contributed by atoms with Crippen LogP contribution in [0.4, 0.5) is 11.6 Å². The first-order valence-electron chi connectivity index (χ1n) is 11.1. The van der Waals surface area contributed by atoms with E-state index in [2.05, 4.69) is 49.3 Å². The fourth-order valence-corrected chi connectivity index (χ4v) is 4.25. The zero-order chi connectivity index (χ0) is 20.8. The highest BCUT2D eigenvalue weighted by Crippen LogP contribution is 2.23. The molecule has 2 aromatic rings. The summed E-state index contributed by atoms with van der Waals surface area (Å²) in [7, 11) is 0. The van der Waals surface area contributed by atoms with Crippen LogP contribution >= 0.6 is 0 Å². The number of rotatable bonds is 6. The van der Waals surface area contributed by atoms with E-state index >= 15 is 0 Å². The van der Waals surface area contributed by atoms with Crippen molar-refractivity contribution in [3.63, 3.8) is 0 Å². The van der Waals surface area contributed by atoms with Gasteiger partial charge in [0.25, 0.3) is 0 Å².